The summed E-state index contributed by atoms with van der Waals surface area (Å²) in [7, 11) is 0. The van der Waals surface area contributed by atoms with Crippen LogP contribution in [0, 0.1) is 10.1 Å². The molecule has 5 heteroatoms. The van der Waals surface area contributed by atoms with Gasteiger partial charge in [0.25, 0.3) is 5.69 Å². The van der Waals surface area contributed by atoms with Crippen LogP contribution in [-0.2, 0) is 27.3 Å². The number of nitro groups is 1. The van der Waals surface area contributed by atoms with E-state index >= 15 is 0 Å². The van der Waals surface area contributed by atoms with Gasteiger partial charge in [-0.25, -0.2) is 0 Å². The number of nitrogens with zero attached hydrogens (tertiary/aromatic N) is 1. The predicted octanol–water partition coefficient (Wildman–Crippen LogP) is 3.55. The molecule has 0 spiro atoms. The van der Waals surface area contributed by atoms with Gasteiger partial charge in [-0.05, 0) is 11.6 Å². The molecular formula is C12H9CdNO2S. The number of nitro benzene ring substituents is 1. The second kappa shape index (κ2) is 6.16. The summed E-state index contributed by atoms with van der Waals surface area (Å²) in [4.78, 5) is 11.1. The first-order valence-electron chi connectivity index (χ1n) is 4.72. The third-order valence-corrected chi connectivity index (χ3v) is 2.65. The van der Waals surface area contributed by atoms with E-state index in [0.29, 0.717) is 10.5 Å². The monoisotopic (exact) mass is 345 g/mol. The van der Waals surface area contributed by atoms with Gasteiger partial charge in [-0.15, -0.1) is 12.6 Å². The van der Waals surface area contributed by atoms with Crippen LogP contribution in [0.5, 0.6) is 0 Å². The largest absolute Gasteiger partial charge is 0.278 e. The Morgan fingerprint density at radius 3 is 2.24 bits per heavy atom. The molecule has 0 atom stereocenters. The summed E-state index contributed by atoms with van der Waals surface area (Å²) in [6.07, 6.45) is 0. The van der Waals surface area contributed by atoms with Crippen LogP contribution in [0.25, 0.3) is 11.1 Å². The zero-order valence-corrected chi connectivity index (χ0v) is 14.0. The van der Waals surface area contributed by atoms with Crippen LogP contribution in [0.15, 0.2) is 53.4 Å². The van der Waals surface area contributed by atoms with E-state index in [1.807, 2.05) is 30.3 Å². The van der Waals surface area contributed by atoms with Crippen molar-refractivity contribution in [2.75, 3.05) is 0 Å². The molecule has 0 saturated heterocycles. The third kappa shape index (κ3) is 3.07. The van der Waals surface area contributed by atoms with Crippen molar-refractivity contribution in [2.24, 2.45) is 0 Å². The molecule has 0 saturated carbocycles. The molecule has 0 aromatic heterocycles. The van der Waals surface area contributed by atoms with Gasteiger partial charge in [0.2, 0.25) is 0 Å². The summed E-state index contributed by atoms with van der Waals surface area (Å²) in [6, 6.07) is 14.1. The van der Waals surface area contributed by atoms with Crippen molar-refractivity contribution in [3.63, 3.8) is 0 Å². The van der Waals surface area contributed by atoms with Crippen molar-refractivity contribution in [1.29, 1.82) is 0 Å². The van der Waals surface area contributed by atoms with E-state index < -0.39 is 0 Å². The van der Waals surface area contributed by atoms with Gasteiger partial charge in [0, 0.05) is 38.3 Å². The Morgan fingerprint density at radius 2 is 1.65 bits per heavy atom. The fourth-order valence-electron chi connectivity index (χ4n) is 1.58. The Labute approximate surface area is 125 Å². The molecule has 3 nitrogen and oxygen atoms in total. The van der Waals surface area contributed by atoms with Crippen molar-refractivity contribution in [3.8, 4) is 11.1 Å². The van der Waals surface area contributed by atoms with E-state index in [1.165, 1.54) is 6.07 Å². The van der Waals surface area contributed by atoms with E-state index in [4.69, 9.17) is 0 Å². The Kier molecular flexibility index (Phi) is 5.13. The molecule has 0 amide bonds. The van der Waals surface area contributed by atoms with Gasteiger partial charge in [-0.3, -0.25) is 10.1 Å². The van der Waals surface area contributed by atoms with Gasteiger partial charge >= 0.3 is 0 Å². The molecule has 82 valence electrons. The van der Waals surface area contributed by atoms with Gasteiger partial charge < -0.3 is 0 Å². The summed E-state index contributed by atoms with van der Waals surface area (Å²) >= 11 is 4.27. The topological polar surface area (TPSA) is 43.1 Å². The van der Waals surface area contributed by atoms with Crippen molar-refractivity contribution < 1.29 is 32.2 Å². The first-order chi connectivity index (χ1) is 7.70. The fraction of sp³-hybridized carbons (Fsp3) is 0. The first kappa shape index (κ1) is 14.2. The predicted molar refractivity (Wildman–Crippen MR) is 65.8 cm³/mol. The number of benzene rings is 2. The standard InChI is InChI=1S/C12H9NO2S.Cd/c14-13(15)10-7-4-8-11(16)12(10)9-5-2-1-3-6-9;/h1-8,16H;. The van der Waals surface area contributed by atoms with Gasteiger partial charge in [-0.1, -0.05) is 36.4 Å². The minimum absolute atomic E-state index is 0. The smallest absolute Gasteiger partial charge is 0.258 e. The fourth-order valence-corrected chi connectivity index (χ4v) is 1.91. The summed E-state index contributed by atoms with van der Waals surface area (Å²) in [5.41, 5.74) is 1.45. The van der Waals surface area contributed by atoms with Crippen molar-refractivity contribution in [2.45, 2.75) is 4.90 Å². The van der Waals surface area contributed by atoms with Crippen LogP contribution in [0.3, 0.4) is 0 Å². The molecule has 0 N–H and O–H groups in total. The molecule has 0 aliphatic carbocycles. The second-order valence-corrected chi connectivity index (χ2v) is 3.78. The summed E-state index contributed by atoms with van der Waals surface area (Å²) in [6.45, 7) is 0. The van der Waals surface area contributed by atoms with Crippen LogP contribution in [0.2, 0.25) is 0 Å². The maximum Gasteiger partial charge on any atom is 0.278 e. The Morgan fingerprint density at radius 1 is 1.00 bits per heavy atom. The van der Waals surface area contributed by atoms with Gasteiger partial charge in [-0.2, -0.15) is 0 Å². The first-order valence-corrected chi connectivity index (χ1v) is 5.16. The third-order valence-electron chi connectivity index (χ3n) is 2.28. The van der Waals surface area contributed by atoms with Crippen LogP contribution in [0.1, 0.15) is 0 Å². The maximum atomic E-state index is 10.9. The zero-order valence-electron chi connectivity index (χ0n) is 9.04. The summed E-state index contributed by atoms with van der Waals surface area (Å²) in [5.74, 6) is 0. The molecule has 0 heterocycles. The summed E-state index contributed by atoms with van der Waals surface area (Å²) in [5, 5.41) is 10.9. The minimum Gasteiger partial charge on any atom is -0.258 e. The molecule has 0 radical (unpaired) electrons. The van der Waals surface area contributed by atoms with Crippen LogP contribution in [-0.4, -0.2) is 4.92 Å². The normalized spacial score (nSPS) is 9.47. The quantitative estimate of drug-likeness (QED) is 0.392. The molecule has 0 unspecified atom stereocenters. The molecule has 2 rings (SSSR count). The second-order valence-electron chi connectivity index (χ2n) is 3.29. The van der Waals surface area contributed by atoms with Gasteiger partial charge in [0.15, 0.2) is 0 Å². The Bertz CT molecular complexity index is 531. The molecule has 0 fully saturated rings. The van der Waals surface area contributed by atoms with Crippen molar-refractivity contribution >= 4 is 18.3 Å². The maximum absolute atomic E-state index is 10.9. The number of hydrogen-bond donors (Lipinski definition) is 1. The SMILES string of the molecule is O=[N+]([O-])c1cccc(S)c1-c1ccccc1.[Cd]. The van der Waals surface area contributed by atoms with E-state index in [1.54, 1.807) is 12.1 Å². The van der Waals surface area contributed by atoms with Crippen LogP contribution >= 0.6 is 12.6 Å². The number of hydrogen-bond acceptors (Lipinski definition) is 3. The van der Waals surface area contributed by atoms with E-state index in [2.05, 4.69) is 12.6 Å². The molecule has 0 bridgehead atoms. The molecule has 17 heavy (non-hydrogen) atoms. The summed E-state index contributed by atoms with van der Waals surface area (Å²) < 4.78 is 0. The van der Waals surface area contributed by atoms with E-state index in [0.717, 1.165) is 5.56 Å². The molecule has 0 aliphatic rings. The van der Waals surface area contributed by atoms with Crippen LogP contribution < -0.4 is 0 Å². The zero-order chi connectivity index (χ0) is 11.5. The molecule has 2 aromatic carbocycles. The molecule has 2 aromatic rings. The van der Waals surface area contributed by atoms with E-state index in [-0.39, 0.29) is 37.9 Å². The van der Waals surface area contributed by atoms with Crippen molar-refractivity contribution in [1.82, 2.24) is 0 Å². The van der Waals surface area contributed by atoms with Crippen LogP contribution in [0.4, 0.5) is 5.69 Å². The number of thiol groups is 1. The van der Waals surface area contributed by atoms with Gasteiger partial charge in [0.05, 0.1) is 10.5 Å². The van der Waals surface area contributed by atoms with E-state index in [9.17, 15) is 10.1 Å². The number of rotatable bonds is 2. The average Bonchev–Trinajstić information content (AvgIpc) is 2.29. The Balaban J connectivity index is 0.00000144. The van der Waals surface area contributed by atoms with Gasteiger partial charge in [0.1, 0.15) is 0 Å². The minimum atomic E-state index is -0.387. The van der Waals surface area contributed by atoms with Crippen molar-refractivity contribution in [3.05, 3.63) is 58.6 Å². The Hall–Kier alpha value is -0.888. The molecular weight excluding hydrogens is 335 g/mol. The molecule has 0 aliphatic heterocycles. The average molecular weight is 344 g/mol.